The van der Waals surface area contributed by atoms with Crippen molar-refractivity contribution >= 4 is 34.3 Å². The topological polar surface area (TPSA) is 66.0 Å². The first-order valence-corrected chi connectivity index (χ1v) is 8.85. The molecular formula is C17H20FIN4O2. The predicted molar refractivity (Wildman–Crippen MR) is 104 cm³/mol. The van der Waals surface area contributed by atoms with Crippen molar-refractivity contribution in [1.82, 2.24) is 15.7 Å². The zero-order valence-electron chi connectivity index (χ0n) is 14.3. The molecule has 8 heteroatoms. The molecule has 1 amide bonds. The molecule has 6 nitrogen and oxygen atoms in total. The Hall–Kier alpha value is -1.94. The summed E-state index contributed by atoms with van der Waals surface area (Å²) < 4.78 is 14.4. The van der Waals surface area contributed by atoms with Crippen molar-refractivity contribution in [2.24, 2.45) is 4.99 Å². The van der Waals surface area contributed by atoms with Gasteiger partial charge in [-0.2, -0.15) is 0 Å². The van der Waals surface area contributed by atoms with Crippen molar-refractivity contribution in [3.8, 4) is 0 Å². The normalized spacial score (nSPS) is 23.7. The van der Waals surface area contributed by atoms with Crippen molar-refractivity contribution < 1.29 is 14.0 Å². The molecule has 0 saturated carbocycles. The summed E-state index contributed by atoms with van der Waals surface area (Å²) >= 11 is 2.17. The SMILES string of the molecule is C=C/N=C1\C(=C/C)C(C(=O)NOC)=C(NC2=CCC(I)C=C2F)N1C. The number of hydrogen-bond donors (Lipinski definition) is 2. The van der Waals surface area contributed by atoms with Crippen LogP contribution < -0.4 is 10.8 Å². The van der Waals surface area contributed by atoms with Crippen LogP contribution in [-0.2, 0) is 9.63 Å². The van der Waals surface area contributed by atoms with Crippen molar-refractivity contribution in [2.75, 3.05) is 14.2 Å². The van der Waals surface area contributed by atoms with E-state index in [1.165, 1.54) is 13.3 Å². The number of nitrogens with zero attached hydrogens (tertiary/aromatic N) is 2. The Morgan fingerprint density at radius 1 is 1.60 bits per heavy atom. The Balaban J connectivity index is 2.49. The van der Waals surface area contributed by atoms with Gasteiger partial charge in [0.25, 0.3) is 5.91 Å². The van der Waals surface area contributed by atoms with E-state index in [0.29, 0.717) is 34.9 Å². The highest BCUT2D eigenvalue weighted by Crippen LogP contribution is 2.31. The van der Waals surface area contributed by atoms with E-state index >= 15 is 0 Å². The molecular weight excluding hydrogens is 438 g/mol. The largest absolute Gasteiger partial charge is 0.339 e. The molecule has 0 aromatic carbocycles. The summed E-state index contributed by atoms with van der Waals surface area (Å²) in [6.45, 7) is 5.41. The number of amides is 1. The van der Waals surface area contributed by atoms with Gasteiger partial charge in [-0.15, -0.1) is 0 Å². The summed E-state index contributed by atoms with van der Waals surface area (Å²) in [6, 6.07) is 0. The summed E-state index contributed by atoms with van der Waals surface area (Å²) in [5.74, 6) is 0.153. The molecule has 0 aromatic heterocycles. The number of carbonyl (C=O) groups is 1. The van der Waals surface area contributed by atoms with Crippen LogP contribution >= 0.6 is 22.6 Å². The number of allylic oxidation sites excluding steroid dienone is 4. The van der Waals surface area contributed by atoms with E-state index in [4.69, 9.17) is 4.84 Å². The predicted octanol–water partition coefficient (Wildman–Crippen LogP) is 2.84. The quantitative estimate of drug-likeness (QED) is 0.378. The zero-order valence-corrected chi connectivity index (χ0v) is 16.4. The monoisotopic (exact) mass is 458 g/mol. The van der Waals surface area contributed by atoms with Gasteiger partial charge in [0.1, 0.15) is 17.5 Å². The molecule has 0 spiro atoms. The lowest BCUT2D eigenvalue weighted by atomic mass is 10.1. The standard InChI is InChI=1S/C17H20FIN4O2/c1-5-11-14(17(24)22-25-4)16(23(3)15(11)20-6-2)21-13-8-7-10(19)9-12(13)18/h5-6,8-10,21H,2,7H2,1,3-4H3,(H,22,24)/b11-5-,20-15+. The molecule has 1 atom stereocenters. The first-order chi connectivity index (χ1) is 11.9. The number of hydroxylamine groups is 1. The molecule has 2 aliphatic rings. The first-order valence-electron chi connectivity index (χ1n) is 7.60. The second-order valence-electron chi connectivity index (χ2n) is 5.26. The lowest BCUT2D eigenvalue weighted by molar-refractivity contribution is -0.127. The number of likely N-dealkylation sites (N-methyl/N-ethyl adjacent to an activating group) is 1. The highest BCUT2D eigenvalue weighted by Gasteiger charge is 2.35. The van der Waals surface area contributed by atoms with Crippen molar-refractivity contribution in [3.63, 3.8) is 0 Å². The molecule has 1 aliphatic heterocycles. The molecule has 1 aliphatic carbocycles. The maximum absolute atomic E-state index is 14.3. The zero-order chi connectivity index (χ0) is 18.6. The minimum absolute atomic E-state index is 0.110. The average molecular weight is 458 g/mol. The fourth-order valence-corrected chi connectivity index (χ4v) is 3.18. The van der Waals surface area contributed by atoms with Gasteiger partial charge >= 0.3 is 0 Å². The van der Waals surface area contributed by atoms with Gasteiger partial charge in [0.05, 0.1) is 18.4 Å². The highest BCUT2D eigenvalue weighted by atomic mass is 127. The summed E-state index contributed by atoms with van der Waals surface area (Å²) in [4.78, 5) is 23.1. The van der Waals surface area contributed by atoms with E-state index < -0.39 is 5.91 Å². The van der Waals surface area contributed by atoms with Crippen molar-refractivity contribution in [1.29, 1.82) is 0 Å². The second kappa shape index (κ2) is 8.43. The first kappa shape index (κ1) is 19.4. The van der Waals surface area contributed by atoms with Crippen LogP contribution in [0.4, 0.5) is 4.39 Å². The minimum atomic E-state index is -0.452. The highest BCUT2D eigenvalue weighted by molar-refractivity contribution is 14.1. The number of alkyl halides is 1. The molecule has 0 fully saturated rings. The average Bonchev–Trinajstić information content (AvgIpc) is 2.83. The van der Waals surface area contributed by atoms with Gasteiger partial charge in [-0.25, -0.2) is 14.9 Å². The van der Waals surface area contributed by atoms with E-state index in [-0.39, 0.29) is 9.75 Å². The lowest BCUT2D eigenvalue weighted by Gasteiger charge is -2.22. The Bertz CT molecular complexity index is 737. The van der Waals surface area contributed by atoms with Gasteiger partial charge in [-0.3, -0.25) is 9.63 Å². The number of rotatable bonds is 5. The van der Waals surface area contributed by atoms with E-state index in [2.05, 4.69) is 45.0 Å². The number of nitrogens with one attached hydrogen (secondary N) is 2. The van der Waals surface area contributed by atoms with Crippen LogP contribution in [0.1, 0.15) is 13.3 Å². The summed E-state index contributed by atoms with van der Waals surface area (Å²) in [5.41, 5.74) is 3.55. The maximum Gasteiger partial charge on any atom is 0.279 e. The van der Waals surface area contributed by atoms with E-state index in [1.54, 1.807) is 37.1 Å². The third-order valence-corrected chi connectivity index (χ3v) is 4.58. The summed E-state index contributed by atoms with van der Waals surface area (Å²) in [5, 5.41) is 3.03. The fraction of sp³-hybridized carbons (Fsp3) is 0.294. The van der Waals surface area contributed by atoms with Crippen LogP contribution in [-0.4, -0.2) is 34.7 Å². The van der Waals surface area contributed by atoms with Crippen molar-refractivity contribution in [2.45, 2.75) is 17.3 Å². The molecule has 2 N–H and O–H groups in total. The van der Waals surface area contributed by atoms with Gasteiger partial charge in [-0.1, -0.05) is 41.3 Å². The fourth-order valence-electron chi connectivity index (χ4n) is 2.61. The number of carbonyl (C=O) groups excluding carboxylic acids is 1. The lowest BCUT2D eigenvalue weighted by Crippen LogP contribution is -2.31. The maximum atomic E-state index is 14.3. The number of amidine groups is 1. The smallest absolute Gasteiger partial charge is 0.279 e. The number of aliphatic imine (C=N–C) groups is 1. The molecule has 1 heterocycles. The van der Waals surface area contributed by atoms with E-state index in [1.807, 2.05) is 0 Å². The Labute approximate surface area is 160 Å². The van der Waals surface area contributed by atoms with Gasteiger partial charge in [0.2, 0.25) is 0 Å². The Kier molecular flexibility index (Phi) is 6.54. The Morgan fingerprint density at radius 2 is 2.32 bits per heavy atom. The molecule has 0 saturated heterocycles. The molecule has 2 rings (SSSR count). The number of halogens is 2. The third-order valence-electron chi connectivity index (χ3n) is 3.71. The summed E-state index contributed by atoms with van der Waals surface area (Å²) in [6.07, 6.45) is 7.18. The van der Waals surface area contributed by atoms with Gasteiger partial charge in [-0.05, 0) is 19.4 Å². The molecule has 134 valence electrons. The van der Waals surface area contributed by atoms with Gasteiger partial charge in [0, 0.05) is 22.7 Å². The third kappa shape index (κ3) is 4.01. The van der Waals surface area contributed by atoms with Gasteiger partial charge < -0.3 is 10.2 Å². The Morgan fingerprint density at radius 3 is 2.88 bits per heavy atom. The van der Waals surface area contributed by atoms with Crippen LogP contribution in [0.2, 0.25) is 0 Å². The van der Waals surface area contributed by atoms with E-state index in [0.717, 1.165) is 0 Å². The van der Waals surface area contributed by atoms with Crippen LogP contribution in [0.5, 0.6) is 0 Å². The van der Waals surface area contributed by atoms with Crippen LogP contribution in [0.3, 0.4) is 0 Å². The molecule has 25 heavy (non-hydrogen) atoms. The van der Waals surface area contributed by atoms with Crippen LogP contribution in [0.15, 0.2) is 64.5 Å². The van der Waals surface area contributed by atoms with Gasteiger partial charge in [0.15, 0.2) is 0 Å². The van der Waals surface area contributed by atoms with Crippen molar-refractivity contribution in [3.05, 3.63) is 59.5 Å². The molecule has 0 aromatic rings. The molecule has 0 bridgehead atoms. The molecule has 0 radical (unpaired) electrons. The molecule has 1 unspecified atom stereocenters. The van der Waals surface area contributed by atoms with Crippen LogP contribution in [0, 0.1) is 0 Å². The van der Waals surface area contributed by atoms with Crippen LogP contribution in [0.25, 0.3) is 0 Å². The minimum Gasteiger partial charge on any atom is -0.339 e. The van der Waals surface area contributed by atoms with E-state index in [9.17, 15) is 9.18 Å². The second-order valence-corrected chi connectivity index (χ2v) is 6.86. The number of hydrogen-bond acceptors (Lipinski definition) is 4. The summed E-state index contributed by atoms with van der Waals surface area (Å²) in [7, 11) is 3.10.